The second-order valence-corrected chi connectivity index (χ2v) is 6.09. The number of nitro benzene ring substituents is 1. The van der Waals surface area contributed by atoms with E-state index in [4.69, 9.17) is 11.6 Å². The van der Waals surface area contributed by atoms with Crippen LogP contribution in [0.25, 0.3) is 10.9 Å². The highest BCUT2D eigenvalue weighted by Crippen LogP contribution is 2.24. The van der Waals surface area contributed by atoms with Crippen LogP contribution in [0.2, 0.25) is 5.02 Å². The summed E-state index contributed by atoms with van der Waals surface area (Å²) in [6.07, 6.45) is 0. The zero-order chi connectivity index (χ0) is 18.8. The normalized spacial score (nSPS) is 11.9. The Bertz CT molecular complexity index is 1080. The third-order valence-corrected chi connectivity index (χ3v) is 4.35. The maximum atomic E-state index is 12.6. The molecule has 1 amide bonds. The Hall–Kier alpha value is -3.19. The van der Waals surface area contributed by atoms with Crippen molar-refractivity contribution in [1.29, 1.82) is 0 Å². The fourth-order valence-electron chi connectivity index (χ4n) is 2.68. The average Bonchev–Trinajstić information content (AvgIpc) is 2.62. The SMILES string of the molecule is CC(C(=O)Nc1ccccc1Cl)n1c(=O)ccc2cc([N+](=O)[O-])ccc21. The van der Waals surface area contributed by atoms with E-state index in [1.807, 2.05) is 0 Å². The minimum absolute atomic E-state index is 0.0872. The van der Waals surface area contributed by atoms with Crippen LogP contribution in [0.4, 0.5) is 11.4 Å². The van der Waals surface area contributed by atoms with E-state index in [-0.39, 0.29) is 11.2 Å². The molecule has 1 unspecified atom stereocenters. The van der Waals surface area contributed by atoms with E-state index in [0.717, 1.165) is 0 Å². The van der Waals surface area contributed by atoms with Crippen molar-refractivity contribution in [2.45, 2.75) is 13.0 Å². The van der Waals surface area contributed by atoms with Crippen molar-refractivity contribution in [3.05, 3.63) is 80.1 Å². The van der Waals surface area contributed by atoms with E-state index in [2.05, 4.69) is 5.32 Å². The molecule has 0 fully saturated rings. The van der Waals surface area contributed by atoms with Crippen molar-refractivity contribution in [3.63, 3.8) is 0 Å². The van der Waals surface area contributed by atoms with Gasteiger partial charge in [-0.05, 0) is 31.2 Å². The van der Waals surface area contributed by atoms with Crippen LogP contribution in [0.5, 0.6) is 0 Å². The number of carbonyl (C=O) groups is 1. The average molecular weight is 372 g/mol. The number of benzene rings is 2. The molecule has 26 heavy (non-hydrogen) atoms. The highest BCUT2D eigenvalue weighted by Gasteiger charge is 2.20. The first kappa shape index (κ1) is 17.6. The molecule has 3 rings (SSSR count). The third kappa shape index (κ3) is 3.29. The number of carbonyl (C=O) groups excluding carboxylic acids is 1. The number of nitro groups is 1. The van der Waals surface area contributed by atoms with Gasteiger partial charge in [-0.15, -0.1) is 0 Å². The van der Waals surface area contributed by atoms with Gasteiger partial charge in [-0.1, -0.05) is 23.7 Å². The number of halogens is 1. The second kappa shape index (κ2) is 6.97. The summed E-state index contributed by atoms with van der Waals surface area (Å²) in [6.45, 7) is 1.58. The number of aromatic nitrogens is 1. The first-order valence-electron chi connectivity index (χ1n) is 7.73. The van der Waals surface area contributed by atoms with Crippen LogP contribution in [0, 0.1) is 10.1 Å². The first-order chi connectivity index (χ1) is 12.4. The zero-order valence-corrected chi connectivity index (χ0v) is 14.4. The van der Waals surface area contributed by atoms with Gasteiger partial charge in [0.05, 0.1) is 21.2 Å². The van der Waals surface area contributed by atoms with Crippen molar-refractivity contribution in [1.82, 2.24) is 4.57 Å². The number of nitrogens with one attached hydrogen (secondary N) is 1. The van der Waals surface area contributed by atoms with E-state index in [1.54, 1.807) is 31.2 Å². The summed E-state index contributed by atoms with van der Waals surface area (Å²) in [5.41, 5.74) is 0.406. The number of para-hydroxylation sites is 1. The molecule has 7 nitrogen and oxygen atoms in total. The second-order valence-electron chi connectivity index (χ2n) is 5.69. The van der Waals surface area contributed by atoms with E-state index >= 15 is 0 Å². The Morgan fingerprint density at radius 1 is 1.19 bits per heavy atom. The van der Waals surface area contributed by atoms with Crippen molar-refractivity contribution < 1.29 is 9.72 Å². The van der Waals surface area contributed by atoms with E-state index in [9.17, 15) is 19.7 Å². The lowest BCUT2D eigenvalue weighted by molar-refractivity contribution is -0.384. The Morgan fingerprint density at radius 2 is 1.92 bits per heavy atom. The quantitative estimate of drug-likeness (QED) is 0.558. The molecular formula is C18H14ClN3O4. The van der Waals surface area contributed by atoms with Gasteiger partial charge in [-0.3, -0.25) is 24.3 Å². The van der Waals surface area contributed by atoms with E-state index < -0.39 is 16.9 Å². The number of rotatable bonds is 4. The first-order valence-corrected chi connectivity index (χ1v) is 8.11. The number of hydrogen-bond acceptors (Lipinski definition) is 4. The maximum absolute atomic E-state index is 12.6. The lowest BCUT2D eigenvalue weighted by Crippen LogP contribution is -2.31. The highest BCUT2D eigenvalue weighted by molar-refractivity contribution is 6.33. The molecule has 0 spiro atoms. The van der Waals surface area contributed by atoms with Gasteiger partial charge >= 0.3 is 0 Å². The third-order valence-electron chi connectivity index (χ3n) is 4.02. The highest BCUT2D eigenvalue weighted by atomic mass is 35.5. The molecule has 2 aromatic carbocycles. The minimum Gasteiger partial charge on any atom is -0.323 e. The van der Waals surface area contributed by atoms with Gasteiger partial charge in [0, 0.05) is 23.6 Å². The monoisotopic (exact) mass is 371 g/mol. The van der Waals surface area contributed by atoms with E-state index in [1.165, 1.54) is 34.9 Å². The summed E-state index contributed by atoms with van der Waals surface area (Å²) in [4.78, 5) is 35.4. The summed E-state index contributed by atoms with van der Waals surface area (Å²) in [5.74, 6) is -0.425. The number of fused-ring (bicyclic) bond motifs is 1. The summed E-state index contributed by atoms with van der Waals surface area (Å²) < 4.78 is 1.30. The van der Waals surface area contributed by atoms with Crippen LogP contribution in [-0.4, -0.2) is 15.4 Å². The molecule has 1 N–H and O–H groups in total. The van der Waals surface area contributed by atoms with Crippen molar-refractivity contribution in [2.24, 2.45) is 0 Å². The van der Waals surface area contributed by atoms with Crippen molar-refractivity contribution in [2.75, 3.05) is 5.32 Å². The molecule has 0 radical (unpaired) electrons. The van der Waals surface area contributed by atoms with Crippen LogP contribution in [0.15, 0.2) is 59.4 Å². The molecule has 0 bridgehead atoms. The molecule has 3 aromatic rings. The minimum atomic E-state index is -0.844. The van der Waals surface area contributed by atoms with Gasteiger partial charge in [0.15, 0.2) is 0 Å². The molecule has 8 heteroatoms. The molecule has 132 valence electrons. The van der Waals surface area contributed by atoms with Crippen molar-refractivity contribution >= 4 is 39.8 Å². The number of pyridine rings is 1. The van der Waals surface area contributed by atoms with Crippen LogP contribution in [0.3, 0.4) is 0 Å². The van der Waals surface area contributed by atoms with Gasteiger partial charge in [0.1, 0.15) is 6.04 Å². The lowest BCUT2D eigenvalue weighted by atomic mass is 10.1. The summed E-state index contributed by atoms with van der Waals surface area (Å²) in [5, 5.41) is 14.5. The summed E-state index contributed by atoms with van der Waals surface area (Å²) >= 11 is 6.05. The fraction of sp³-hybridized carbons (Fsp3) is 0.111. The largest absolute Gasteiger partial charge is 0.323 e. The van der Waals surface area contributed by atoms with Crippen LogP contribution < -0.4 is 10.9 Å². The Balaban J connectivity index is 2.02. The fourth-order valence-corrected chi connectivity index (χ4v) is 2.87. The number of amides is 1. The van der Waals surface area contributed by atoms with Crippen molar-refractivity contribution in [3.8, 4) is 0 Å². The number of nitrogens with zero attached hydrogens (tertiary/aromatic N) is 2. The molecule has 0 aliphatic rings. The molecule has 0 aliphatic carbocycles. The van der Waals surface area contributed by atoms with Gasteiger partial charge in [-0.25, -0.2) is 0 Å². The maximum Gasteiger partial charge on any atom is 0.270 e. The molecule has 1 aromatic heterocycles. The van der Waals surface area contributed by atoms with Crippen LogP contribution in [-0.2, 0) is 4.79 Å². The molecule has 1 heterocycles. The zero-order valence-electron chi connectivity index (χ0n) is 13.7. The Morgan fingerprint density at radius 3 is 2.62 bits per heavy atom. The van der Waals surface area contributed by atoms with Gasteiger partial charge in [0.25, 0.3) is 11.2 Å². The standard InChI is InChI=1S/C18H14ClN3O4/c1-11(18(24)20-15-5-3-2-4-14(15)19)21-16-8-7-13(22(25)26)10-12(16)6-9-17(21)23/h2-11H,1H3,(H,20,24). The predicted molar refractivity (Wildman–Crippen MR) is 99.7 cm³/mol. The number of non-ortho nitro benzene ring substituents is 1. The van der Waals surface area contributed by atoms with E-state index in [0.29, 0.717) is 21.6 Å². The Labute approximate surface area is 153 Å². The van der Waals surface area contributed by atoms with Gasteiger partial charge in [-0.2, -0.15) is 0 Å². The smallest absolute Gasteiger partial charge is 0.270 e. The molecule has 0 aliphatic heterocycles. The summed E-state index contributed by atoms with van der Waals surface area (Å²) in [7, 11) is 0. The molecule has 0 saturated carbocycles. The number of hydrogen-bond donors (Lipinski definition) is 1. The number of anilines is 1. The predicted octanol–water partition coefficient (Wildman–Crippen LogP) is 3.76. The molecule has 1 atom stereocenters. The van der Waals surface area contributed by atoms with Gasteiger partial charge < -0.3 is 5.32 Å². The van der Waals surface area contributed by atoms with Gasteiger partial charge in [0.2, 0.25) is 5.91 Å². The molecule has 0 saturated heterocycles. The Kier molecular flexibility index (Phi) is 4.73. The summed E-state index contributed by atoms with van der Waals surface area (Å²) in [6, 6.07) is 12.8. The van der Waals surface area contributed by atoms with Crippen LogP contribution in [0.1, 0.15) is 13.0 Å². The lowest BCUT2D eigenvalue weighted by Gasteiger charge is -2.18. The topological polar surface area (TPSA) is 94.2 Å². The van der Waals surface area contributed by atoms with Crippen LogP contribution >= 0.6 is 11.6 Å². The molecular weight excluding hydrogens is 358 g/mol.